The van der Waals surface area contributed by atoms with Crippen molar-refractivity contribution in [3.05, 3.63) is 94.8 Å². The van der Waals surface area contributed by atoms with Crippen LogP contribution in [-0.4, -0.2) is 35.0 Å². The molecule has 1 N–H and O–H groups in total. The Balaban J connectivity index is 1.56. The van der Waals surface area contributed by atoms with Crippen LogP contribution in [0.3, 0.4) is 0 Å². The average molecular weight is 433 g/mol. The van der Waals surface area contributed by atoms with Gasteiger partial charge in [-0.3, -0.25) is 9.69 Å². The van der Waals surface area contributed by atoms with E-state index in [-0.39, 0.29) is 17.8 Å². The number of nitrogens with zero attached hydrogens (tertiary/aromatic N) is 2. The summed E-state index contributed by atoms with van der Waals surface area (Å²) in [5.41, 5.74) is 3.69. The third-order valence-corrected chi connectivity index (χ3v) is 6.23. The summed E-state index contributed by atoms with van der Waals surface area (Å²) in [4.78, 5) is 17.6. The molecule has 166 valence electrons. The maximum Gasteiger partial charge on any atom is 0.258 e. The molecule has 1 aliphatic heterocycles. The van der Waals surface area contributed by atoms with Crippen LogP contribution in [0.15, 0.2) is 66.7 Å². The molecule has 0 spiro atoms. The lowest BCUT2D eigenvalue weighted by Gasteiger charge is -2.39. The van der Waals surface area contributed by atoms with Crippen LogP contribution < -0.4 is 4.90 Å². The van der Waals surface area contributed by atoms with Gasteiger partial charge in [-0.15, -0.1) is 0 Å². The monoisotopic (exact) mass is 432 g/mol. The molecule has 32 heavy (non-hydrogen) atoms. The maximum absolute atomic E-state index is 14.4. The van der Waals surface area contributed by atoms with E-state index in [1.807, 2.05) is 55.5 Å². The molecule has 3 aromatic carbocycles. The van der Waals surface area contributed by atoms with Crippen molar-refractivity contribution < 1.29 is 14.3 Å². The van der Waals surface area contributed by atoms with E-state index in [0.29, 0.717) is 29.1 Å². The van der Waals surface area contributed by atoms with Crippen molar-refractivity contribution in [2.75, 3.05) is 18.0 Å². The number of likely N-dealkylation sites (tertiary alicyclic amines) is 1. The minimum Gasteiger partial charge on any atom is -0.508 e. The molecular formula is C27H29FN2O2. The van der Waals surface area contributed by atoms with Crippen molar-refractivity contribution >= 4 is 11.6 Å². The van der Waals surface area contributed by atoms with Gasteiger partial charge in [0.05, 0.1) is 0 Å². The molecule has 3 aromatic rings. The summed E-state index contributed by atoms with van der Waals surface area (Å²) in [7, 11) is 0. The number of phenolic OH excluding ortho intramolecular Hbond substituents is 1. The lowest BCUT2D eigenvalue weighted by molar-refractivity contribution is 0.0958. The van der Waals surface area contributed by atoms with Crippen molar-refractivity contribution in [1.82, 2.24) is 4.90 Å². The smallest absolute Gasteiger partial charge is 0.258 e. The van der Waals surface area contributed by atoms with Crippen LogP contribution in [0.25, 0.3) is 0 Å². The number of piperidine rings is 1. The van der Waals surface area contributed by atoms with Crippen molar-refractivity contribution in [1.29, 1.82) is 0 Å². The zero-order chi connectivity index (χ0) is 22.7. The van der Waals surface area contributed by atoms with E-state index in [4.69, 9.17) is 0 Å². The SMILES string of the molecule is Cc1cccc(C(=O)N(c2ccc(C)c(F)c2)C2CCN(Cc3ccccc3O)CC2)c1. The summed E-state index contributed by atoms with van der Waals surface area (Å²) in [6.45, 7) is 5.95. The number of phenols is 1. The Morgan fingerprint density at radius 3 is 2.47 bits per heavy atom. The number of para-hydroxylation sites is 1. The molecule has 0 saturated carbocycles. The fraction of sp³-hybridized carbons (Fsp3) is 0.296. The fourth-order valence-electron chi connectivity index (χ4n) is 4.36. The highest BCUT2D eigenvalue weighted by Crippen LogP contribution is 2.29. The fourth-order valence-corrected chi connectivity index (χ4v) is 4.36. The second-order valence-corrected chi connectivity index (χ2v) is 8.61. The van der Waals surface area contributed by atoms with Gasteiger partial charge in [-0.2, -0.15) is 0 Å². The molecule has 0 unspecified atom stereocenters. The van der Waals surface area contributed by atoms with Gasteiger partial charge in [-0.1, -0.05) is 42.0 Å². The molecule has 0 aliphatic carbocycles. The second kappa shape index (κ2) is 9.53. The van der Waals surface area contributed by atoms with Crippen LogP contribution in [-0.2, 0) is 6.54 Å². The molecule has 0 atom stereocenters. The van der Waals surface area contributed by atoms with E-state index in [9.17, 15) is 14.3 Å². The zero-order valence-electron chi connectivity index (χ0n) is 18.6. The minimum absolute atomic E-state index is 0.0225. The highest BCUT2D eigenvalue weighted by molar-refractivity contribution is 6.06. The maximum atomic E-state index is 14.4. The Hall–Kier alpha value is -3.18. The van der Waals surface area contributed by atoms with Crippen molar-refractivity contribution in [3.63, 3.8) is 0 Å². The number of halogens is 1. The normalized spacial score (nSPS) is 15.0. The first-order valence-electron chi connectivity index (χ1n) is 11.1. The van der Waals surface area contributed by atoms with E-state index in [0.717, 1.165) is 37.1 Å². The third-order valence-electron chi connectivity index (χ3n) is 6.23. The standard InChI is InChI=1S/C27H29FN2O2/c1-19-6-5-8-21(16-19)27(32)30(24-11-10-20(2)25(28)17-24)23-12-14-29(15-13-23)18-22-7-3-4-9-26(22)31/h3-11,16-17,23,31H,12-15,18H2,1-2H3. The molecule has 1 saturated heterocycles. The van der Waals surface area contributed by atoms with Crippen molar-refractivity contribution in [3.8, 4) is 5.75 Å². The van der Waals surface area contributed by atoms with Crippen LogP contribution in [0, 0.1) is 19.7 Å². The molecule has 1 amide bonds. The first-order valence-corrected chi connectivity index (χ1v) is 11.1. The van der Waals surface area contributed by atoms with Gasteiger partial charge in [-0.25, -0.2) is 4.39 Å². The molecule has 0 bridgehead atoms. The molecule has 0 aromatic heterocycles. The largest absolute Gasteiger partial charge is 0.508 e. The van der Waals surface area contributed by atoms with Crippen molar-refractivity contribution in [2.24, 2.45) is 0 Å². The summed E-state index contributed by atoms with van der Waals surface area (Å²) in [6, 6.07) is 19.9. The Morgan fingerprint density at radius 1 is 1.03 bits per heavy atom. The van der Waals surface area contributed by atoms with Crippen LogP contribution in [0.5, 0.6) is 5.75 Å². The summed E-state index contributed by atoms with van der Waals surface area (Å²) in [6.07, 6.45) is 1.56. The highest BCUT2D eigenvalue weighted by atomic mass is 19.1. The first kappa shape index (κ1) is 22.0. The second-order valence-electron chi connectivity index (χ2n) is 8.61. The van der Waals surface area contributed by atoms with Gasteiger partial charge >= 0.3 is 0 Å². The zero-order valence-corrected chi connectivity index (χ0v) is 18.6. The number of anilines is 1. The predicted octanol–water partition coefficient (Wildman–Crippen LogP) is 5.46. The Morgan fingerprint density at radius 2 is 1.78 bits per heavy atom. The lowest BCUT2D eigenvalue weighted by Crippen LogP contribution is -2.47. The van der Waals surface area contributed by atoms with Crippen LogP contribution in [0.2, 0.25) is 0 Å². The molecule has 1 heterocycles. The van der Waals surface area contributed by atoms with E-state index < -0.39 is 0 Å². The van der Waals surface area contributed by atoms with Crippen LogP contribution >= 0.6 is 0 Å². The Bertz CT molecular complexity index is 1110. The topological polar surface area (TPSA) is 43.8 Å². The lowest BCUT2D eigenvalue weighted by atomic mass is 9.99. The van der Waals surface area contributed by atoms with Gasteiger partial charge in [0.2, 0.25) is 0 Å². The van der Waals surface area contributed by atoms with Gasteiger partial charge in [0.25, 0.3) is 5.91 Å². The molecule has 5 heteroatoms. The molecular weight excluding hydrogens is 403 g/mol. The van der Waals surface area contributed by atoms with E-state index in [1.54, 1.807) is 24.0 Å². The Kier molecular flexibility index (Phi) is 6.56. The number of carbonyl (C=O) groups is 1. The predicted molar refractivity (Wildman–Crippen MR) is 126 cm³/mol. The van der Waals surface area contributed by atoms with Gasteiger partial charge in [0, 0.05) is 42.5 Å². The number of amides is 1. The number of carbonyl (C=O) groups excluding carboxylic acids is 1. The minimum atomic E-state index is -0.304. The van der Waals surface area contributed by atoms with E-state index in [1.165, 1.54) is 6.07 Å². The Labute approximate surface area is 188 Å². The number of rotatable bonds is 5. The average Bonchev–Trinajstić information content (AvgIpc) is 2.79. The third kappa shape index (κ3) is 4.83. The number of hydrogen-bond acceptors (Lipinski definition) is 3. The number of aromatic hydroxyl groups is 1. The summed E-state index contributed by atoms with van der Waals surface area (Å²) in [5.74, 6) is -0.0985. The molecule has 1 aliphatic rings. The van der Waals surface area contributed by atoms with E-state index >= 15 is 0 Å². The highest BCUT2D eigenvalue weighted by Gasteiger charge is 2.30. The van der Waals surface area contributed by atoms with Gasteiger partial charge in [-0.05, 0) is 62.6 Å². The molecule has 0 radical (unpaired) electrons. The molecule has 4 nitrogen and oxygen atoms in total. The van der Waals surface area contributed by atoms with Gasteiger partial charge in [0.15, 0.2) is 0 Å². The van der Waals surface area contributed by atoms with E-state index in [2.05, 4.69) is 4.90 Å². The summed E-state index contributed by atoms with van der Waals surface area (Å²) in [5, 5.41) is 10.1. The van der Waals surface area contributed by atoms with Gasteiger partial charge < -0.3 is 10.0 Å². The molecule has 4 rings (SSSR count). The quantitative estimate of drug-likeness (QED) is 0.582. The molecule has 1 fully saturated rings. The number of hydrogen-bond donors (Lipinski definition) is 1. The van der Waals surface area contributed by atoms with Crippen LogP contribution in [0.4, 0.5) is 10.1 Å². The summed E-state index contributed by atoms with van der Waals surface area (Å²) < 4.78 is 14.4. The number of benzene rings is 3. The van der Waals surface area contributed by atoms with Gasteiger partial charge in [0.1, 0.15) is 11.6 Å². The van der Waals surface area contributed by atoms with Crippen LogP contribution in [0.1, 0.15) is 39.9 Å². The van der Waals surface area contributed by atoms with Crippen molar-refractivity contribution in [2.45, 2.75) is 39.3 Å². The number of aryl methyl sites for hydroxylation is 2. The first-order chi connectivity index (χ1) is 15.4. The summed E-state index contributed by atoms with van der Waals surface area (Å²) >= 11 is 0.